The molecule has 1 saturated heterocycles. The van der Waals surface area contributed by atoms with Crippen molar-refractivity contribution in [2.24, 2.45) is 0 Å². The fourth-order valence-electron chi connectivity index (χ4n) is 3.62. The van der Waals surface area contributed by atoms with E-state index in [2.05, 4.69) is 5.10 Å². The van der Waals surface area contributed by atoms with E-state index in [0.29, 0.717) is 42.6 Å². The Hall–Kier alpha value is -3.04. The van der Waals surface area contributed by atoms with Gasteiger partial charge < -0.3 is 4.90 Å². The van der Waals surface area contributed by atoms with Gasteiger partial charge in [-0.2, -0.15) is 8.99 Å². The van der Waals surface area contributed by atoms with Crippen LogP contribution in [0.15, 0.2) is 64.3 Å². The lowest BCUT2D eigenvalue weighted by molar-refractivity contribution is 0.383. The van der Waals surface area contributed by atoms with Gasteiger partial charge in [-0.15, -0.1) is 5.10 Å². The Morgan fingerprint density at radius 2 is 1.58 bits per heavy atom. The first-order valence-corrected chi connectivity index (χ1v) is 11.4. The summed E-state index contributed by atoms with van der Waals surface area (Å²) in [6.07, 6.45) is 0. The standard InChI is InChI=1S/C22H23FN4O3S/c1-16-3-4-17(2)20(15-16)31(29,30)26-13-11-25(12-14-26)21-9-10-22(28)27(24-21)19-7-5-18(23)6-8-19/h3-10,15H,11-14H2,1-2H3. The van der Waals surface area contributed by atoms with Crippen LogP contribution in [-0.2, 0) is 10.0 Å². The molecule has 3 aromatic rings. The third-order valence-corrected chi connectivity index (χ3v) is 7.42. The van der Waals surface area contributed by atoms with Gasteiger partial charge in [0.2, 0.25) is 10.0 Å². The van der Waals surface area contributed by atoms with Gasteiger partial charge in [-0.1, -0.05) is 12.1 Å². The molecule has 31 heavy (non-hydrogen) atoms. The zero-order chi connectivity index (χ0) is 22.2. The Kier molecular flexibility index (Phi) is 5.63. The zero-order valence-corrected chi connectivity index (χ0v) is 18.1. The Morgan fingerprint density at radius 1 is 0.903 bits per heavy atom. The van der Waals surface area contributed by atoms with E-state index in [1.54, 1.807) is 19.1 Å². The van der Waals surface area contributed by atoms with E-state index in [-0.39, 0.29) is 5.56 Å². The molecule has 0 saturated carbocycles. The van der Waals surface area contributed by atoms with Crippen molar-refractivity contribution in [3.05, 3.63) is 81.9 Å². The van der Waals surface area contributed by atoms with E-state index < -0.39 is 15.8 Å². The Bertz CT molecular complexity index is 1260. The predicted molar refractivity (Wildman–Crippen MR) is 117 cm³/mol. The van der Waals surface area contributed by atoms with Crippen molar-refractivity contribution in [1.82, 2.24) is 14.1 Å². The highest BCUT2D eigenvalue weighted by molar-refractivity contribution is 7.89. The number of piperazine rings is 1. The summed E-state index contributed by atoms with van der Waals surface area (Å²) >= 11 is 0. The number of sulfonamides is 1. The Labute approximate surface area is 180 Å². The second-order valence-electron chi connectivity index (χ2n) is 7.58. The van der Waals surface area contributed by atoms with Gasteiger partial charge in [-0.25, -0.2) is 12.8 Å². The number of aromatic nitrogens is 2. The fraction of sp³-hybridized carbons (Fsp3) is 0.273. The van der Waals surface area contributed by atoms with E-state index in [1.807, 2.05) is 24.0 Å². The van der Waals surface area contributed by atoms with Gasteiger partial charge >= 0.3 is 0 Å². The van der Waals surface area contributed by atoms with Crippen LogP contribution in [0.5, 0.6) is 0 Å². The number of rotatable bonds is 4. The van der Waals surface area contributed by atoms with Crippen molar-refractivity contribution < 1.29 is 12.8 Å². The molecule has 4 rings (SSSR count). The molecule has 0 aliphatic carbocycles. The molecule has 0 unspecified atom stereocenters. The minimum atomic E-state index is -3.59. The first-order chi connectivity index (χ1) is 14.8. The summed E-state index contributed by atoms with van der Waals surface area (Å²) in [4.78, 5) is 14.5. The molecule has 1 fully saturated rings. The predicted octanol–water partition coefficient (Wildman–Crippen LogP) is 2.50. The normalized spacial score (nSPS) is 15.3. The highest BCUT2D eigenvalue weighted by atomic mass is 32.2. The van der Waals surface area contributed by atoms with E-state index in [4.69, 9.17) is 0 Å². The summed E-state index contributed by atoms with van der Waals surface area (Å²) in [7, 11) is -3.59. The van der Waals surface area contributed by atoms with Crippen molar-refractivity contribution in [2.75, 3.05) is 31.1 Å². The van der Waals surface area contributed by atoms with Gasteiger partial charge in [0.1, 0.15) is 11.6 Å². The van der Waals surface area contributed by atoms with Gasteiger partial charge in [0, 0.05) is 32.2 Å². The summed E-state index contributed by atoms with van der Waals surface area (Å²) < 4.78 is 42.2. The van der Waals surface area contributed by atoms with E-state index in [9.17, 15) is 17.6 Å². The van der Waals surface area contributed by atoms with Crippen LogP contribution in [0, 0.1) is 19.7 Å². The molecule has 1 aromatic heterocycles. The van der Waals surface area contributed by atoms with Crippen LogP contribution in [0.3, 0.4) is 0 Å². The molecule has 0 amide bonds. The summed E-state index contributed by atoms with van der Waals surface area (Å²) in [6.45, 7) is 5.18. The molecule has 2 aromatic carbocycles. The molecule has 1 aliphatic heterocycles. The van der Waals surface area contributed by atoms with Gasteiger partial charge in [-0.05, 0) is 61.4 Å². The van der Waals surface area contributed by atoms with Crippen molar-refractivity contribution in [3.63, 3.8) is 0 Å². The summed E-state index contributed by atoms with van der Waals surface area (Å²) in [5.74, 6) is 0.168. The maximum absolute atomic E-state index is 13.2. The van der Waals surface area contributed by atoms with Gasteiger partial charge in [0.15, 0.2) is 0 Å². The van der Waals surface area contributed by atoms with Crippen LogP contribution in [0.2, 0.25) is 0 Å². The van der Waals surface area contributed by atoms with Gasteiger partial charge in [0.05, 0.1) is 10.6 Å². The van der Waals surface area contributed by atoms with Crippen LogP contribution in [0.4, 0.5) is 10.2 Å². The van der Waals surface area contributed by atoms with Crippen LogP contribution in [0.25, 0.3) is 5.69 Å². The second-order valence-corrected chi connectivity index (χ2v) is 9.48. The lowest BCUT2D eigenvalue weighted by Crippen LogP contribution is -2.49. The summed E-state index contributed by atoms with van der Waals surface area (Å²) in [5, 5.41) is 4.41. The highest BCUT2D eigenvalue weighted by Gasteiger charge is 2.30. The average Bonchev–Trinajstić information content (AvgIpc) is 2.76. The van der Waals surface area contributed by atoms with E-state index in [1.165, 1.54) is 39.3 Å². The van der Waals surface area contributed by atoms with E-state index in [0.717, 1.165) is 11.1 Å². The number of nitrogens with zero attached hydrogens (tertiary/aromatic N) is 4. The average molecular weight is 443 g/mol. The molecule has 162 valence electrons. The van der Waals surface area contributed by atoms with Gasteiger partial charge in [-0.3, -0.25) is 4.79 Å². The first-order valence-electron chi connectivity index (χ1n) is 9.94. The minimum absolute atomic E-state index is 0.313. The van der Waals surface area contributed by atoms with Crippen molar-refractivity contribution >= 4 is 15.8 Å². The summed E-state index contributed by atoms with van der Waals surface area (Å²) in [5.41, 5.74) is 1.76. The number of aryl methyl sites for hydroxylation is 2. The van der Waals surface area contributed by atoms with Crippen molar-refractivity contribution in [2.45, 2.75) is 18.7 Å². The molecule has 2 heterocycles. The van der Waals surface area contributed by atoms with E-state index >= 15 is 0 Å². The molecule has 9 heteroatoms. The molecule has 7 nitrogen and oxygen atoms in total. The maximum Gasteiger partial charge on any atom is 0.271 e. The fourth-order valence-corrected chi connectivity index (χ4v) is 5.35. The molecule has 0 spiro atoms. The molecular weight excluding hydrogens is 419 g/mol. The molecule has 0 atom stereocenters. The van der Waals surface area contributed by atoms with Crippen LogP contribution in [0.1, 0.15) is 11.1 Å². The summed E-state index contributed by atoms with van der Waals surface area (Å²) in [6, 6.07) is 14.0. The Morgan fingerprint density at radius 3 is 2.26 bits per heavy atom. The molecular formula is C22H23FN4O3S. The lowest BCUT2D eigenvalue weighted by Gasteiger charge is -2.35. The number of hydrogen-bond donors (Lipinski definition) is 0. The lowest BCUT2D eigenvalue weighted by atomic mass is 10.2. The van der Waals surface area contributed by atoms with Crippen molar-refractivity contribution in [3.8, 4) is 5.69 Å². The van der Waals surface area contributed by atoms with Crippen LogP contribution < -0.4 is 10.5 Å². The number of halogens is 1. The third-order valence-electron chi connectivity index (χ3n) is 5.38. The Balaban J connectivity index is 1.54. The molecule has 0 N–H and O–H groups in total. The quantitative estimate of drug-likeness (QED) is 0.621. The highest BCUT2D eigenvalue weighted by Crippen LogP contribution is 2.23. The number of anilines is 1. The maximum atomic E-state index is 13.2. The second kappa shape index (κ2) is 8.24. The van der Waals surface area contributed by atoms with Crippen molar-refractivity contribution in [1.29, 1.82) is 0 Å². The largest absolute Gasteiger partial charge is 0.353 e. The third kappa shape index (κ3) is 4.24. The first kappa shape index (κ1) is 21.2. The van der Waals surface area contributed by atoms with Gasteiger partial charge in [0.25, 0.3) is 5.56 Å². The van der Waals surface area contributed by atoms with Crippen LogP contribution in [-0.4, -0.2) is 48.7 Å². The smallest absolute Gasteiger partial charge is 0.271 e. The monoisotopic (exact) mass is 442 g/mol. The molecule has 1 aliphatic rings. The zero-order valence-electron chi connectivity index (χ0n) is 17.3. The number of benzene rings is 2. The topological polar surface area (TPSA) is 75.5 Å². The van der Waals surface area contributed by atoms with Crippen LogP contribution >= 0.6 is 0 Å². The SMILES string of the molecule is Cc1ccc(C)c(S(=O)(=O)N2CCN(c3ccc(=O)n(-c4ccc(F)cc4)n3)CC2)c1. The minimum Gasteiger partial charge on any atom is -0.353 e. The molecule has 0 radical (unpaired) electrons. The number of hydrogen-bond acceptors (Lipinski definition) is 5. The molecule has 0 bridgehead atoms.